The van der Waals surface area contributed by atoms with E-state index in [1.807, 2.05) is 19.0 Å². The lowest BCUT2D eigenvalue weighted by Gasteiger charge is -2.46. The van der Waals surface area contributed by atoms with Gasteiger partial charge in [0.05, 0.1) is 17.7 Å². The fourth-order valence-corrected chi connectivity index (χ4v) is 3.70. The molecular weight excluding hydrogens is 416 g/mol. The Morgan fingerprint density at radius 3 is 2.52 bits per heavy atom. The van der Waals surface area contributed by atoms with Gasteiger partial charge in [-0.05, 0) is 70.4 Å². The molecule has 0 spiro atoms. The second kappa shape index (κ2) is 9.15. The molecule has 0 fully saturated rings. The zero-order valence-electron chi connectivity index (χ0n) is 18.1. The molecule has 0 bridgehead atoms. The van der Waals surface area contributed by atoms with Crippen molar-refractivity contribution in [2.45, 2.75) is 31.6 Å². The summed E-state index contributed by atoms with van der Waals surface area (Å²) in [6.07, 6.45) is -1.01. The first-order chi connectivity index (χ1) is 14.6. The number of nitrogens with zero attached hydrogens (tertiary/aromatic N) is 3. The number of aliphatic hydroxyl groups excluding tert-OH is 1. The number of halogens is 1. The SMILES string of the molecule is CN(C)CCN(C(=O)Nc1ccc(Cl)cc1)C1c2cc(C#N)ccc2OC(C)(C)C1O. The molecule has 2 N–H and O–H groups in total. The van der Waals surface area contributed by atoms with Gasteiger partial charge in [-0.25, -0.2) is 4.79 Å². The van der Waals surface area contributed by atoms with Crippen LogP contribution < -0.4 is 10.1 Å². The predicted molar refractivity (Wildman–Crippen MR) is 120 cm³/mol. The van der Waals surface area contributed by atoms with Crippen molar-refractivity contribution >= 4 is 23.3 Å². The van der Waals surface area contributed by atoms with E-state index >= 15 is 0 Å². The van der Waals surface area contributed by atoms with Gasteiger partial charge in [0, 0.05) is 29.4 Å². The van der Waals surface area contributed by atoms with E-state index in [9.17, 15) is 15.2 Å². The molecule has 2 atom stereocenters. The molecule has 2 amide bonds. The van der Waals surface area contributed by atoms with E-state index in [1.54, 1.807) is 61.2 Å². The zero-order chi connectivity index (χ0) is 22.8. The summed E-state index contributed by atoms with van der Waals surface area (Å²) in [5.74, 6) is 0.549. The molecule has 1 heterocycles. The number of nitriles is 1. The summed E-state index contributed by atoms with van der Waals surface area (Å²) >= 11 is 5.95. The lowest BCUT2D eigenvalue weighted by Crippen LogP contribution is -2.56. The number of fused-ring (bicyclic) bond motifs is 1. The molecular formula is C23H27ClN4O3. The van der Waals surface area contributed by atoms with Crippen molar-refractivity contribution in [3.8, 4) is 11.8 Å². The van der Waals surface area contributed by atoms with E-state index in [2.05, 4.69) is 11.4 Å². The fourth-order valence-electron chi connectivity index (χ4n) is 3.58. The highest BCUT2D eigenvalue weighted by Gasteiger charge is 2.46. The molecule has 31 heavy (non-hydrogen) atoms. The predicted octanol–water partition coefficient (Wildman–Crippen LogP) is 3.88. The quantitative estimate of drug-likeness (QED) is 0.733. The van der Waals surface area contributed by atoms with E-state index in [4.69, 9.17) is 16.3 Å². The Labute approximate surface area is 187 Å². The molecule has 0 radical (unpaired) electrons. The highest BCUT2D eigenvalue weighted by atomic mass is 35.5. The number of urea groups is 1. The van der Waals surface area contributed by atoms with E-state index < -0.39 is 17.7 Å². The average Bonchev–Trinajstić information content (AvgIpc) is 2.71. The van der Waals surface area contributed by atoms with Crippen molar-refractivity contribution in [1.82, 2.24) is 9.80 Å². The van der Waals surface area contributed by atoms with E-state index in [0.717, 1.165) is 0 Å². The fraction of sp³-hybridized carbons (Fsp3) is 0.391. The molecule has 164 valence electrons. The normalized spacial score (nSPS) is 19.2. The van der Waals surface area contributed by atoms with Crippen LogP contribution in [0.15, 0.2) is 42.5 Å². The van der Waals surface area contributed by atoms with Gasteiger partial charge in [-0.3, -0.25) is 0 Å². The number of benzene rings is 2. The van der Waals surface area contributed by atoms with Crippen molar-refractivity contribution in [2.75, 3.05) is 32.5 Å². The number of amides is 2. The molecule has 8 heteroatoms. The molecule has 1 aliphatic rings. The van der Waals surface area contributed by atoms with Gasteiger partial charge in [0.25, 0.3) is 0 Å². The van der Waals surface area contributed by atoms with Crippen LogP contribution in [0.25, 0.3) is 0 Å². The third-order valence-electron chi connectivity index (χ3n) is 5.32. The highest BCUT2D eigenvalue weighted by molar-refractivity contribution is 6.30. The van der Waals surface area contributed by atoms with Crippen molar-refractivity contribution in [2.24, 2.45) is 0 Å². The van der Waals surface area contributed by atoms with Gasteiger partial charge >= 0.3 is 6.03 Å². The van der Waals surface area contributed by atoms with E-state index in [1.165, 1.54) is 0 Å². The summed E-state index contributed by atoms with van der Waals surface area (Å²) in [5.41, 5.74) is 0.708. The summed E-state index contributed by atoms with van der Waals surface area (Å²) in [5, 5.41) is 24.1. The van der Waals surface area contributed by atoms with Crippen LogP contribution >= 0.6 is 11.6 Å². The molecule has 0 saturated heterocycles. The molecule has 0 saturated carbocycles. The topological polar surface area (TPSA) is 88.8 Å². The largest absolute Gasteiger partial charge is 0.485 e. The first-order valence-corrected chi connectivity index (χ1v) is 10.4. The number of rotatable bonds is 5. The number of hydrogen-bond donors (Lipinski definition) is 2. The Hall–Kier alpha value is -2.79. The summed E-state index contributed by atoms with van der Waals surface area (Å²) in [4.78, 5) is 16.9. The standard InChI is InChI=1S/C23H27ClN4O3/c1-23(2)21(29)20(18-13-15(14-25)5-10-19(18)31-23)28(12-11-27(3)4)22(30)26-17-8-6-16(24)7-9-17/h5-10,13,20-21,29H,11-12H2,1-4H3,(H,26,30). The van der Waals surface area contributed by atoms with Crippen LogP contribution in [0, 0.1) is 11.3 Å². The monoisotopic (exact) mass is 442 g/mol. The maximum Gasteiger partial charge on any atom is 0.322 e. The first-order valence-electron chi connectivity index (χ1n) is 10.0. The Morgan fingerprint density at radius 2 is 1.90 bits per heavy atom. The Kier molecular flexibility index (Phi) is 6.75. The van der Waals surface area contributed by atoms with Gasteiger partial charge in [-0.1, -0.05) is 11.6 Å². The molecule has 0 aromatic heterocycles. The van der Waals surface area contributed by atoms with Crippen molar-refractivity contribution in [3.63, 3.8) is 0 Å². The summed E-state index contributed by atoms with van der Waals surface area (Å²) in [6, 6.07) is 13.0. The summed E-state index contributed by atoms with van der Waals surface area (Å²) < 4.78 is 6.01. The molecule has 2 aromatic carbocycles. The van der Waals surface area contributed by atoms with E-state index in [0.29, 0.717) is 40.7 Å². The van der Waals surface area contributed by atoms with Gasteiger partial charge in [0.1, 0.15) is 17.5 Å². The van der Waals surface area contributed by atoms with Crippen LogP contribution in [0.4, 0.5) is 10.5 Å². The Balaban J connectivity index is 2.03. The van der Waals surface area contributed by atoms with Crippen molar-refractivity contribution < 1.29 is 14.6 Å². The van der Waals surface area contributed by atoms with Crippen molar-refractivity contribution in [1.29, 1.82) is 5.26 Å². The number of anilines is 1. The van der Waals surface area contributed by atoms with Gasteiger partial charge in [-0.15, -0.1) is 0 Å². The second-order valence-electron chi connectivity index (χ2n) is 8.39. The van der Waals surface area contributed by atoms with E-state index in [-0.39, 0.29) is 6.03 Å². The number of nitrogens with one attached hydrogen (secondary N) is 1. The molecule has 2 unspecified atom stereocenters. The summed E-state index contributed by atoms with van der Waals surface area (Å²) in [6.45, 7) is 4.52. The lowest BCUT2D eigenvalue weighted by molar-refractivity contribution is -0.0845. The van der Waals surface area contributed by atoms with Gasteiger partial charge in [0.2, 0.25) is 0 Å². The van der Waals surface area contributed by atoms with Crippen LogP contribution in [0.3, 0.4) is 0 Å². The van der Waals surface area contributed by atoms with Crippen LogP contribution in [-0.4, -0.2) is 59.8 Å². The number of carbonyl (C=O) groups excluding carboxylic acids is 1. The highest BCUT2D eigenvalue weighted by Crippen LogP contribution is 2.43. The van der Waals surface area contributed by atoms with Gasteiger partial charge in [0.15, 0.2) is 0 Å². The molecule has 3 rings (SSSR count). The van der Waals surface area contributed by atoms with Gasteiger partial charge < -0.3 is 25.0 Å². The van der Waals surface area contributed by atoms with Crippen molar-refractivity contribution in [3.05, 3.63) is 58.6 Å². The third kappa shape index (κ3) is 5.10. The number of ether oxygens (including phenoxy) is 1. The molecule has 7 nitrogen and oxygen atoms in total. The minimum atomic E-state index is -1.01. The van der Waals surface area contributed by atoms with Crippen LogP contribution in [0.1, 0.15) is 31.0 Å². The number of hydrogen-bond acceptors (Lipinski definition) is 5. The second-order valence-corrected chi connectivity index (χ2v) is 8.83. The molecule has 1 aliphatic heterocycles. The number of likely N-dealkylation sites (N-methyl/N-ethyl adjacent to an activating group) is 1. The molecule has 2 aromatic rings. The minimum Gasteiger partial charge on any atom is -0.485 e. The third-order valence-corrected chi connectivity index (χ3v) is 5.57. The smallest absolute Gasteiger partial charge is 0.322 e. The first kappa shape index (κ1) is 22.9. The minimum absolute atomic E-state index is 0.362. The summed E-state index contributed by atoms with van der Waals surface area (Å²) in [7, 11) is 3.84. The molecule has 0 aliphatic carbocycles. The Morgan fingerprint density at radius 1 is 1.23 bits per heavy atom. The zero-order valence-corrected chi connectivity index (χ0v) is 18.8. The van der Waals surface area contributed by atoms with Crippen LogP contribution in [0.5, 0.6) is 5.75 Å². The Bertz CT molecular complexity index is 985. The van der Waals surface area contributed by atoms with Gasteiger partial charge in [-0.2, -0.15) is 5.26 Å². The maximum atomic E-state index is 13.4. The number of carbonyl (C=O) groups is 1. The van der Waals surface area contributed by atoms with Crippen LogP contribution in [-0.2, 0) is 0 Å². The average molecular weight is 443 g/mol. The lowest BCUT2D eigenvalue weighted by atomic mass is 9.85. The number of aliphatic hydroxyl groups is 1. The van der Waals surface area contributed by atoms with Crippen LogP contribution in [0.2, 0.25) is 5.02 Å². The maximum absolute atomic E-state index is 13.4.